The number of piperazine rings is 2. The van der Waals surface area contributed by atoms with Crippen LogP contribution in [0.3, 0.4) is 0 Å². The maximum Gasteiger partial charge on any atom is 0.246 e. The van der Waals surface area contributed by atoms with Gasteiger partial charge < -0.3 is 51.5 Å². The van der Waals surface area contributed by atoms with Crippen molar-refractivity contribution in [2.75, 3.05) is 53.4 Å². The number of rotatable bonds is 16. The highest BCUT2D eigenvalue weighted by Gasteiger charge is 2.46. The van der Waals surface area contributed by atoms with Crippen LogP contribution in [-0.2, 0) is 51.2 Å². The quantitative estimate of drug-likeness (QED) is 0.144. The lowest BCUT2D eigenvalue weighted by Crippen LogP contribution is -2.66. The van der Waals surface area contributed by atoms with Crippen molar-refractivity contribution in [3.8, 4) is 0 Å². The fraction of sp³-hybridized carbons (Fsp3) is 0.636. The fourth-order valence-corrected chi connectivity index (χ4v) is 10.5. The first-order valence-electron chi connectivity index (χ1n) is 26.4. The second-order valence-electron chi connectivity index (χ2n) is 22.6. The number of hydrogen-bond acceptors (Lipinski definition) is 10. The minimum atomic E-state index is -1.05. The first kappa shape index (κ1) is 56.4. The van der Waals surface area contributed by atoms with E-state index in [4.69, 9.17) is 0 Å². The Balaban J connectivity index is 1.16. The summed E-state index contributed by atoms with van der Waals surface area (Å²) in [5.41, 5.74) is 2.95. The molecular formula is C55H82N10O8. The number of hydrogen-bond donors (Lipinski definition) is 6. The average Bonchev–Trinajstić information content (AvgIpc) is 3.37. The Kier molecular flexibility index (Phi) is 18.9. The number of aryl methyl sites for hydroxylation is 2. The van der Waals surface area contributed by atoms with Crippen molar-refractivity contribution in [3.63, 3.8) is 0 Å². The van der Waals surface area contributed by atoms with Crippen molar-refractivity contribution in [1.29, 1.82) is 0 Å². The second kappa shape index (κ2) is 24.4. The number of nitrogens with one attached hydrogen (secondary N) is 6. The second-order valence-corrected chi connectivity index (χ2v) is 22.6. The van der Waals surface area contributed by atoms with Gasteiger partial charge in [0.15, 0.2) is 0 Å². The number of nitrogens with zero attached hydrogens (tertiary/aromatic N) is 4. The van der Waals surface area contributed by atoms with Gasteiger partial charge in [-0.15, -0.1) is 0 Å². The molecule has 18 heteroatoms. The van der Waals surface area contributed by atoms with Crippen LogP contribution in [0, 0.1) is 10.8 Å². The summed E-state index contributed by atoms with van der Waals surface area (Å²) in [7, 11) is 3.32. The monoisotopic (exact) mass is 1010 g/mol. The van der Waals surface area contributed by atoms with Crippen LogP contribution in [0.25, 0.3) is 0 Å². The van der Waals surface area contributed by atoms with Gasteiger partial charge in [-0.1, -0.05) is 90.1 Å². The molecule has 400 valence electrons. The van der Waals surface area contributed by atoms with Crippen molar-refractivity contribution < 1.29 is 38.4 Å². The van der Waals surface area contributed by atoms with Gasteiger partial charge in [0.25, 0.3) is 0 Å². The van der Waals surface area contributed by atoms with Crippen LogP contribution in [0.1, 0.15) is 135 Å². The summed E-state index contributed by atoms with van der Waals surface area (Å²) in [5.74, 6) is -2.85. The lowest BCUT2D eigenvalue weighted by molar-refractivity contribution is -0.153. The molecule has 4 aliphatic rings. The summed E-state index contributed by atoms with van der Waals surface area (Å²) >= 11 is 0. The van der Waals surface area contributed by atoms with E-state index in [1.807, 2.05) is 77.9 Å². The van der Waals surface area contributed by atoms with Gasteiger partial charge in [0.1, 0.15) is 24.2 Å². The SMILES string of the molecule is CNC(C)C(=O)N[C@H](C(=O)N1CCN(C(=O)CCCC(=O)N2CCN(C(=O)[C@@H](NC(=O)[C@H](C)NC)C(C)(C)C)[C@H](C(=O)N[C@@H]3CCCc4ccccc43)C2)C[C@H]1C(=O)N[C@@H]1CCCc2ccccc21)C(C)(C)C. The van der Waals surface area contributed by atoms with Crippen LogP contribution in [0.2, 0.25) is 0 Å². The Morgan fingerprint density at radius 2 is 0.932 bits per heavy atom. The molecule has 2 fully saturated rings. The Labute approximate surface area is 432 Å². The van der Waals surface area contributed by atoms with Crippen LogP contribution in [-0.4, -0.2) is 156 Å². The topological polar surface area (TPSA) is 222 Å². The molecule has 2 saturated heterocycles. The summed E-state index contributed by atoms with van der Waals surface area (Å²) in [6.07, 6.45) is 5.18. The highest BCUT2D eigenvalue weighted by atomic mass is 16.2. The molecule has 0 bridgehead atoms. The zero-order valence-corrected chi connectivity index (χ0v) is 44.9. The predicted molar refractivity (Wildman–Crippen MR) is 278 cm³/mol. The fourth-order valence-electron chi connectivity index (χ4n) is 10.5. The van der Waals surface area contributed by atoms with Crippen molar-refractivity contribution in [3.05, 3.63) is 70.8 Å². The van der Waals surface area contributed by atoms with E-state index < -0.39 is 70.7 Å². The van der Waals surface area contributed by atoms with Gasteiger partial charge in [0, 0.05) is 39.0 Å². The zero-order chi connectivity index (χ0) is 53.4. The van der Waals surface area contributed by atoms with Gasteiger partial charge in [-0.2, -0.15) is 0 Å². The van der Waals surface area contributed by atoms with E-state index in [1.165, 1.54) is 9.80 Å². The first-order valence-corrected chi connectivity index (χ1v) is 26.4. The van der Waals surface area contributed by atoms with E-state index in [9.17, 15) is 38.4 Å². The van der Waals surface area contributed by atoms with Gasteiger partial charge >= 0.3 is 0 Å². The maximum absolute atomic E-state index is 14.6. The first-order chi connectivity index (χ1) is 34.5. The minimum absolute atomic E-state index is 0.00589. The molecule has 2 heterocycles. The van der Waals surface area contributed by atoms with Gasteiger partial charge in [0.05, 0.1) is 37.3 Å². The Morgan fingerprint density at radius 1 is 0.562 bits per heavy atom. The number of carbonyl (C=O) groups excluding carboxylic acids is 8. The third-order valence-electron chi connectivity index (χ3n) is 15.2. The van der Waals surface area contributed by atoms with Crippen LogP contribution in [0.15, 0.2) is 48.5 Å². The summed E-state index contributed by atoms with van der Waals surface area (Å²) in [4.78, 5) is 119. The predicted octanol–water partition coefficient (Wildman–Crippen LogP) is 2.90. The Morgan fingerprint density at radius 3 is 1.29 bits per heavy atom. The van der Waals surface area contributed by atoms with Crippen LogP contribution in [0.4, 0.5) is 0 Å². The molecule has 6 N–H and O–H groups in total. The van der Waals surface area contributed by atoms with E-state index in [2.05, 4.69) is 44.0 Å². The molecule has 0 radical (unpaired) electrons. The third kappa shape index (κ3) is 13.8. The molecule has 0 spiro atoms. The molecule has 1 unspecified atom stereocenters. The van der Waals surface area contributed by atoms with E-state index >= 15 is 0 Å². The number of likely N-dealkylation sites (N-methyl/N-ethyl adjacent to an activating group) is 2. The highest BCUT2D eigenvalue weighted by Crippen LogP contribution is 2.32. The zero-order valence-electron chi connectivity index (χ0n) is 44.9. The molecular weight excluding hydrogens is 929 g/mol. The van der Waals surface area contributed by atoms with Crippen molar-refractivity contribution in [2.45, 2.75) is 162 Å². The van der Waals surface area contributed by atoms with Gasteiger partial charge in [-0.3, -0.25) is 38.4 Å². The van der Waals surface area contributed by atoms with Crippen molar-refractivity contribution in [1.82, 2.24) is 51.5 Å². The van der Waals surface area contributed by atoms with Gasteiger partial charge in [0.2, 0.25) is 47.3 Å². The molecule has 2 aliphatic heterocycles. The smallest absolute Gasteiger partial charge is 0.246 e. The summed E-state index contributed by atoms with van der Waals surface area (Å²) in [6.45, 7) is 14.8. The Bertz CT molecular complexity index is 2190. The van der Waals surface area contributed by atoms with Crippen molar-refractivity contribution in [2.24, 2.45) is 10.8 Å². The molecule has 0 saturated carbocycles. The average molecular weight is 1010 g/mol. The highest BCUT2D eigenvalue weighted by molar-refractivity contribution is 5.96. The molecule has 2 aromatic carbocycles. The molecule has 18 nitrogen and oxygen atoms in total. The molecule has 8 atom stereocenters. The lowest BCUT2D eigenvalue weighted by Gasteiger charge is -2.44. The summed E-state index contributed by atoms with van der Waals surface area (Å²) < 4.78 is 0. The number of carbonyl (C=O) groups is 8. The Hall–Kier alpha value is -5.88. The molecule has 0 aromatic heterocycles. The largest absolute Gasteiger partial charge is 0.347 e. The molecule has 2 aromatic rings. The molecule has 73 heavy (non-hydrogen) atoms. The van der Waals surface area contributed by atoms with Crippen LogP contribution in [0.5, 0.6) is 0 Å². The summed E-state index contributed by atoms with van der Waals surface area (Å²) in [6, 6.07) is 10.3. The molecule has 2 aliphatic carbocycles. The van der Waals surface area contributed by atoms with Crippen molar-refractivity contribution >= 4 is 47.3 Å². The summed E-state index contributed by atoms with van der Waals surface area (Å²) in [5, 5.41) is 18.1. The van der Waals surface area contributed by atoms with Gasteiger partial charge in [-0.25, -0.2) is 0 Å². The lowest BCUT2D eigenvalue weighted by atomic mass is 9.85. The normalized spacial score (nSPS) is 21.8. The van der Waals surface area contributed by atoms with E-state index in [0.29, 0.717) is 0 Å². The van der Waals surface area contributed by atoms with E-state index in [-0.39, 0.29) is 94.2 Å². The maximum atomic E-state index is 14.6. The van der Waals surface area contributed by atoms with E-state index in [0.717, 1.165) is 60.8 Å². The van der Waals surface area contributed by atoms with E-state index in [1.54, 1.807) is 37.7 Å². The minimum Gasteiger partial charge on any atom is -0.347 e. The van der Waals surface area contributed by atoms with Crippen LogP contribution >= 0.6 is 0 Å². The number of fused-ring (bicyclic) bond motifs is 2. The number of benzene rings is 2. The van der Waals surface area contributed by atoms with Gasteiger partial charge in [-0.05, 0) is 106 Å². The molecule has 6 rings (SSSR count). The third-order valence-corrected chi connectivity index (χ3v) is 15.2. The standard InChI is InChI=1S/C55H82N10O8/c1-34(56-9)48(68)60-46(54(3,4)5)52(72)64-30-28-62(32-42(64)50(70)58-40-24-15-20-36-18-11-13-22-38(36)40)44(66)26-17-27-45(67)63-29-31-65(53(73)47(55(6,7)8)61-49(69)35(2)57-10)43(33-63)51(71)59-41-25-16-21-37-19-12-14-23-39(37)41/h11-14,18-19,22-23,34-35,40-43,46-47,56-57H,15-17,20-21,24-33H2,1-10H3,(H,58,70)(H,59,71)(H,60,68)(H,61,69)/t34-,35?,40+,41+,42-,43-,46+,47+/m0/s1. The molecule has 8 amide bonds. The number of amides is 8. The van der Waals surface area contributed by atoms with Crippen LogP contribution < -0.4 is 31.9 Å².